The number of carbonyl (C=O) groups excluding carboxylic acids is 1. The van der Waals surface area contributed by atoms with E-state index in [1.807, 2.05) is 32.9 Å². The molecule has 0 heterocycles. The Balaban J connectivity index is 2.04. The Morgan fingerprint density at radius 3 is 2.19 bits per heavy atom. The molecule has 1 atom stereocenters. The lowest BCUT2D eigenvalue weighted by Gasteiger charge is -2.18. The zero-order valence-corrected chi connectivity index (χ0v) is 16.8. The number of urea groups is 1. The van der Waals surface area contributed by atoms with Gasteiger partial charge >= 0.3 is 6.03 Å². The summed E-state index contributed by atoms with van der Waals surface area (Å²) in [7, 11) is 4.68. The van der Waals surface area contributed by atoms with Crippen LogP contribution in [-0.4, -0.2) is 27.4 Å². The fraction of sp³-hybridized carbons (Fsp3) is 0.381. The van der Waals surface area contributed by atoms with Gasteiger partial charge in [0, 0.05) is 6.54 Å². The largest absolute Gasteiger partial charge is 0.493 e. The number of carbonyl (C=O) groups is 1. The number of amides is 2. The number of nitrogens with one attached hydrogen (secondary N) is 2. The van der Waals surface area contributed by atoms with E-state index in [-0.39, 0.29) is 12.1 Å². The van der Waals surface area contributed by atoms with Crippen molar-refractivity contribution < 1.29 is 19.0 Å². The predicted octanol–water partition coefficient (Wildman–Crippen LogP) is 3.89. The maximum absolute atomic E-state index is 12.3. The second kappa shape index (κ2) is 9.16. The molecule has 2 aromatic rings. The molecule has 2 rings (SSSR count). The van der Waals surface area contributed by atoms with Crippen molar-refractivity contribution in [1.82, 2.24) is 10.6 Å². The Morgan fingerprint density at radius 1 is 1.00 bits per heavy atom. The summed E-state index contributed by atoms with van der Waals surface area (Å²) in [5.41, 5.74) is 4.28. The van der Waals surface area contributed by atoms with Crippen LogP contribution in [0.1, 0.15) is 35.2 Å². The molecule has 0 aliphatic carbocycles. The van der Waals surface area contributed by atoms with Crippen molar-refractivity contribution in [3.63, 3.8) is 0 Å². The lowest BCUT2D eigenvalue weighted by atomic mass is 10.0. The first-order valence-corrected chi connectivity index (χ1v) is 8.80. The number of methoxy groups -OCH3 is 3. The van der Waals surface area contributed by atoms with E-state index in [2.05, 4.69) is 28.8 Å². The summed E-state index contributed by atoms with van der Waals surface area (Å²) < 4.78 is 16.0. The Hall–Kier alpha value is -2.89. The number of ether oxygens (including phenoxy) is 3. The quantitative estimate of drug-likeness (QED) is 0.774. The zero-order valence-electron chi connectivity index (χ0n) is 16.8. The third kappa shape index (κ3) is 5.06. The third-order valence-electron chi connectivity index (χ3n) is 4.43. The third-order valence-corrected chi connectivity index (χ3v) is 4.43. The molecule has 0 aliphatic rings. The topological polar surface area (TPSA) is 68.8 Å². The summed E-state index contributed by atoms with van der Waals surface area (Å²) in [6, 6.07) is 9.53. The van der Waals surface area contributed by atoms with Crippen LogP contribution in [-0.2, 0) is 6.54 Å². The van der Waals surface area contributed by atoms with Crippen LogP contribution in [0.4, 0.5) is 4.79 Å². The minimum Gasteiger partial charge on any atom is -0.493 e. The van der Waals surface area contributed by atoms with Gasteiger partial charge in [-0.1, -0.05) is 23.8 Å². The van der Waals surface area contributed by atoms with Gasteiger partial charge in [0.2, 0.25) is 5.75 Å². The summed E-state index contributed by atoms with van der Waals surface area (Å²) in [6.07, 6.45) is 0. The van der Waals surface area contributed by atoms with E-state index < -0.39 is 0 Å². The molecule has 2 N–H and O–H groups in total. The lowest BCUT2D eigenvalue weighted by molar-refractivity contribution is 0.237. The average molecular weight is 372 g/mol. The summed E-state index contributed by atoms with van der Waals surface area (Å²) >= 11 is 0. The molecule has 6 nitrogen and oxygen atoms in total. The molecule has 0 saturated carbocycles. The first-order chi connectivity index (χ1) is 12.9. The van der Waals surface area contributed by atoms with Gasteiger partial charge in [0.1, 0.15) is 0 Å². The highest BCUT2D eigenvalue weighted by Gasteiger charge is 2.15. The van der Waals surface area contributed by atoms with Crippen molar-refractivity contribution in [3.05, 3.63) is 52.6 Å². The van der Waals surface area contributed by atoms with Crippen LogP contribution in [0, 0.1) is 13.8 Å². The van der Waals surface area contributed by atoms with Crippen LogP contribution >= 0.6 is 0 Å². The van der Waals surface area contributed by atoms with Crippen LogP contribution in [0.2, 0.25) is 0 Å². The molecule has 0 aliphatic heterocycles. The molecule has 0 saturated heterocycles. The second-order valence-corrected chi connectivity index (χ2v) is 6.44. The van der Waals surface area contributed by atoms with Crippen LogP contribution < -0.4 is 24.8 Å². The first kappa shape index (κ1) is 20.4. The maximum Gasteiger partial charge on any atom is 0.315 e. The number of aryl methyl sites for hydroxylation is 2. The van der Waals surface area contributed by atoms with Gasteiger partial charge in [0.25, 0.3) is 0 Å². The number of benzene rings is 2. The summed E-state index contributed by atoms with van der Waals surface area (Å²) in [4.78, 5) is 12.3. The number of hydrogen-bond acceptors (Lipinski definition) is 4. The van der Waals surface area contributed by atoms with Gasteiger partial charge in [0.05, 0.1) is 27.4 Å². The van der Waals surface area contributed by atoms with Crippen LogP contribution in [0.5, 0.6) is 17.2 Å². The molecular weight excluding hydrogens is 344 g/mol. The number of hydrogen-bond donors (Lipinski definition) is 2. The van der Waals surface area contributed by atoms with Gasteiger partial charge in [-0.2, -0.15) is 0 Å². The molecular formula is C21H28N2O4. The molecule has 6 heteroatoms. The zero-order chi connectivity index (χ0) is 20.0. The van der Waals surface area contributed by atoms with Crippen molar-refractivity contribution in [2.24, 2.45) is 0 Å². The molecule has 0 bridgehead atoms. The Labute approximate surface area is 160 Å². The molecule has 0 fully saturated rings. The standard InChI is InChI=1S/C21H28N2O4/c1-13-7-8-14(2)17(9-13)15(3)23-21(24)22-12-16-10-18(25-4)20(27-6)19(11-16)26-5/h7-11,15H,12H2,1-6H3,(H2,22,23,24)/t15-/m0/s1. The summed E-state index contributed by atoms with van der Waals surface area (Å²) in [5, 5.41) is 5.85. The first-order valence-electron chi connectivity index (χ1n) is 8.80. The maximum atomic E-state index is 12.3. The molecule has 0 radical (unpaired) electrons. The van der Waals surface area contributed by atoms with E-state index in [1.54, 1.807) is 21.3 Å². The molecule has 0 spiro atoms. The summed E-state index contributed by atoms with van der Waals surface area (Å²) in [6.45, 7) is 6.39. The van der Waals surface area contributed by atoms with E-state index in [0.29, 0.717) is 23.8 Å². The van der Waals surface area contributed by atoms with Crippen molar-refractivity contribution >= 4 is 6.03 Å². The minimum absolute atomic E-state index is 0.0927. The molecule has 0 unspecified atom stereocenters. The molecule has 2 aromatic carbocycles. The van der Waals surface area contributed by atoms with Crippen molar-refractivity contribution in [1.29, 1.82) is 0 Å². The van der Waals surface area contributed by atoms with Gasteiger partial charge < -0.3 is 24.8 Å². The minimum atomic E-state index is -0.239. The summed E-state index contributed by atoms with van der Waals surface area (Å²) in [5.74, 6) is 1.63. The van der Waals surface area contributed by atoms with Crippen molar-refractivity contribution in [2.45, 2.75) is 33.4 Å². The predicted molar refractivity (Wildman–Crippen MR) is 106 cm³/mol. The van der Waals surface area contributed by atoms with Gasteiger partial charge in [-0.05, 0) is 49.6 Å². The van der Waals surface area contributed by atoms with Gasteiger partial charge in [0.15, 0.2) is 11.5 Å². The monoisotopic (exact) mass is 372 g/mol. The second-order valence-electron chi connectivity index (χ2n) is 6.44. The van der Waals surface area contributed by atoms with Crippen molar-refractivity contribution in [2.75, 3.05) is 21.3 Å². The molecule has 27 heavy (non-hydrogen) atoms. The van der Waals surface area contributed by atoms with E-state index in [0.717, 1.165) is 16.7 Å². The van der Waals surface area contributed by atoms with E-state index in [9.17, 15) is 4.79 Å². The SMILES string of the molecule is COc1cc(CNC(=O)N[C@@H](C)c2cc(C)ccc2C)cc(OC)c1OC. The van der Waals surface area contributed by atoms with E-state index >= 15 is 0 Å². The normalized spacial score (nSPS) is 11.5. The molecule has 0 aromatic heterocycles. The highest BCUT2D eigenvalue weighted by Crippen LogP contribution is 2.38. The Kier molecular flexibility index (Phi) is 6.93. The van der Waals surface area contributed by atoms with Gasteiger partial charge in [-0.3, -0.25) is 0 Å². The average Bonchev–Trinajstić information content (AvgIpc) is 2.67. The Bertz CT molecular complexity index is 780. The fourth-order valence-corrected chi connectivity index (χ4v) is 2.97. The van der Waals surface area contributed by atoms with Crippen LogP contribution in [0.25, 0.3) is 0 Å². The van der Waals surface area contributed by atoms with Gasteiger partial charge in [-0.25, -0.2) is 4.79 Å². The van der Waals surface area contributed by atoms with Crippen LogP contribution in [0.15, 0.2) is 30.3 Å². The van der Waals surface area contributed by atoms with Crippen molar-refractivity contribution in [3.8, 4) is 17.2 Å². The highest BCUT2D eigenvalue weighted by atomic mass is 16.5. The van der Waals surface area contributed by atoms with E-state index in [1.165, 1.54) is 5.56 Å². The smallest absolute Gasteiger partial charge is 0.315 e. The van der Waals surface area contributed by atoms with E-state index in [4.69, 9.17) is 14.2 Å². The fourth-order valence-electron chi connectivity index (χ4n) is 2.97. The molecule has 2 amide bonds. The lowest BCUT2D eigenvalue weighted by Crippen LogP contribution is -2.36. The Morgan fingerprint density at radius 2 is 1.63 bits per heavy atom. The van der Waals surface area contributed by atoms with Crippen LogP contribution in [0.3, 0.4) is 0 Å². The van der Waals surface area contributed by atoms with Gasteiger partial charge in [-0.15, -0.1) is 0 Å². The molecule has 146 valence electrons. The number of rotatable bonds is 7. The highest BCUT2D eigenvalue weighted by molar-refractivity contribution is 5.74.